The Labute approximate surface area is 380 Å². The Kier molecular flexibility index (Phi) is 40.5. The zero-order valence-corrected chi connectivity index (χ0v) is 41.5. The highest BCUT2D eigenvalue weighted by Gasteiger charge is 2.31. The van der Waals surface area contributed by atoms with Crippen LogP contribution in [0.1, 0.15) is 272 Å². The lowest BCUT2D eigenvalue weighted by atomic mass is 9.91. The third-order valence-corrected chi connectivity index (χ3v) is 13.6. The average Bonchev–Trinajstić information content (AvgIpc) is 3.25. The zero-order chi connectivity index (χ0) is 44.3. The van der Waals surface area contributed by atoms with Gasteiger partial charge >= 0.3 is 11.9 Å². The monoisotopic (exact) mass is 863 g/mol. The van der Waals surface area contributed by atoms with E-state index in [-0.39, 0.29) is 11.9 Å². The molecule has 0 atom stereocenters. The van der Waals surface area contributed by atoms with E-state index in [4.69, 9.17) is 9.47 Å². The van der Waals surface area contributed by atoms with Crippen molar-refractivity contribution in [2.45, 2.75) is 277 Å². The van der Waals surface area contributed by atoms with Crippen molar-refractivity contribution in [2.75, 3.05) is 45.9 Å². The smallest absolute Gasteiger partial charge is 0.305 e. The largest absolute Gasteiger partial charge is 0.465 e. The molecule has 0 spiro atoms. The molecule has 0 saturated carbocycles. The summed E-state index contributed by atoms with van der Waals surface area (Å²) in [6, 6.07) is 0. The van der Waals surface area contributed by atoms with E-state index in [0.29, 0.717) is 44.4 Å². The van der Waals surface area contributed by atoms with Crippen LogP contribution >= 0.6 is 0 Å². The maximum Gasteiger partial charge on any atom is 0.305 e. The molecule has 0 radical (unpaired) electrons. The van der Waals surface area contributed by atoms with E-state index in [9.17, 15) is 14.7 Å². The molecule has 1 aliphatic heterocycles. The van der Waals surface area contributed by atoms with Crippen LogP contribution in [0.3, 0.4) is 0 Å². The molecule has 0 amide bonds. The first-order valence-corrected chi connectivity index (χ1v) is 27.3. The molecule has 0 aliphatic carbocycles. The Balaban J connectivity index is 2.46. The van der Waals surface area contributed by atoms with Crippen LogP contribution < -0.4 is 5.32 Å². The highest BCUT2D eigenvalue weighted by atomic mass is 16.5. The molecule has 0 aromatic rings. The van der Waals surface area contributed by atoms with Crippen LogP contribution in [0.4, 0.5) is 0 Å². The number of piperidine rings is 1. The van der Waals surface area contributed by atoms with Gasteiger partial charge in [0.05, 0.1) is 18.8 Å². The van der Waals surface area contributed by atoms with Gasteiger partial charge in [0.15, 0.2) is 0 Å². The van der Waals surface area contributed by atoms with Crippen molar-refractivity contribution in [3.63, 3.8) is 0 Å². The molecule has 1 fully saturated rings. The summed E-state index contributed by atoms with van der Waals surface area (Å²) in [5.41, 5.74) is -0.637. The molecule has 1 saturated heterocycles. The van der Waals surface area contributed by atoms with Gasteiger partial charge in [-0.05, 0) is 102 Å². The molecule has 0 unspecified atom stereocenters. The van der Waals surface area contributed by atoms with Crippen molar-refractivity contribution in [1.29, 1.82) is 0 Å². The summed E-state index contributed by atoms with van der Waals surface area (Å²) in [4.78, 5) is 28.1. The summed E-state index contributed by atoms with van der Waals surface area (Å²) >= 11 is 0. The van der Waals surface area contributed by atoms with Crippen molar-refractivity contribution < 1.29 is 24.2 Å². The molecule has 1 rings (SSSR count). The lowest BCUT2D eigenvalue weighted by Gasteiger charge is -2.37. The van der Waals surface area contributed by atoms with E-state index in [1.807, 2.05) is 0 Å². The molecule has 7 nitrogen and oxygen atoms in total. The van der Waals surface area contributed by atoms with E-state index in [1.54, 1.807) is 0 Å². The number of esters is 2. The minimum Gasteiger partial charge on any atom is -0.465 e. The summed E-state index contributed by atoms with van der Waals surface area (Å²) in [5.74, 6) is 0.962. The molecule has 2 N–H and O–H groups in total. The van der Waals surface area contributed by atoms with E-state index in [1.165, 1.54) is 180 Å². The van der Waals surface area contributed by atoms with Crippen molar-refractivity contribution in [1.82, 2.24) is 10.2 Å². The lowest BCUT2D eigenvalue weighted by Crippen LogP contribution is -2.50. The van der Waals surface area contributed by atoms with Gasteiger partial charge in [-0.3, -0.25) is 9.59 Å². The topological polar surface area (TPSA) is 88.1 Å². The maximum absolute atomic E-state index is 12.8. The van der Waals surface area contributed by atoms with Crippen LogP contribution in [0.25, 0.3) is 0 Å². The third kappa shape index (κ3) is 36.8. The number of aliphatic hydroxyl groups is 1. The molecule has 362 valence electrons. The van der Waals surface area contributed by atoms with Gasteiger partial charge in [-0.15, -0.1) is 0 Å². The summed E-state index contributed by atoms with van der Waals surface area (Å²) < 4.78 is 11.8. The van der Waals surface area contributed by atoms with Crippen LogP contribution in [0.15, 0.2) is 0 Å². The van der Waals surface area contributed by atoms with Crippen molar-refractivity contribution in [3.05, 3.63) is 0 Å². The van der Waals surface area contributed by atoms with Crippen LogP contribution in [0.2, 0.25) is 0 Å². The lowest BCUT2D eigenvalue weighted by molar-refractivity contribution is -0.146. The first kappa shape index (κ1) is 57.8. The first-order chi connectivity index (χ1) is 29.9. The zero-order valence-electron chi connectivity index (χ0n) is 41.5. The van der Waals surface area contributed by atoms with Gasteiger partial charge in [0.25, 0.3) is 0 Å². The molecule has 61 heavy (non-hydrogen) atoms. The summed E-state index contributed by atoms with van der Waals surface area (Å²) in [5, 5.41) is 14.8. The summed E-state index contributed by atoms with van der Waals surface area (Å²) in [7, 11) is 0. The quantitative estimate of drug-likeness (QED) is 0.0465. The van der Waals surface area contributed by atoms with E-state index >= 15 is 0 Å². The van der Waals surface area contributed by atoms with Gasteiger partial charge in [-0.1, -0.05) is 195 Å². The SMILES string of the molecule is CCCCCCCCC(CCCCCCCC)COC(=O)CCCCCN(CCCCCC(=O)OCC(CCCCCCCC)CCCCCCCC)CC1(O)CCNCC1. The highest BCUT2D eigenvalue weighted by molar-refractivity contribution is 5.69. The van der Waals surface area contributed by atoms with Crippen molar-refractivity contribution >= 4 is 11.9 Å². The van der Waals surface area contributed by atoms with Crippen LogP contribution in [-0.4, -0.2) is 73.5 Å². The van der Waals surface area contributed by atoms with Gasteiger partial charge in [0.1, 0.15) is 0 Å². The predicted molar refractivity (Wildman–Crippen MR) is 261 cm³/mol. The van der Waals surface area contributed by atoms with Crippen LogP contribution in [0.5, 0.6) is 0 Å². The molecule has 1 aliphatic rings. The summed E-state index contributed by atoms with van der Waals surface area (Å²) in [6.07, 6.45) is 44.6. The van der Waals surface area contributed by atoms with Crippen molar-refractivity contribution in [2.24, 2.45) is 11.8 Å². The van der Waals surface area contributed by atoms with Gasteiger partial charge in [-0.25, -0.2) is 0 Å². The average molecular weight is 863 g/mol. The first-order valence-electron chi connectivity index (χ1n) is 27.3. The van der Waals surface area contributed by atoms with E-state index < -0.39 is 5.60 Å². The normalized spacial score (nSPS) is 14.1. The number of carbonyl (C=O) groups is 2. The second-order valence-electron chi connectivity index (χ2n) is 19.7. The Morgan fingerprint density at radius 3 is 1.13 bits per heavy atom. The van der Waals surface area contributed by atoms with Gasteiger partial charge in [0, 0.05) is 19.4 Å². The maximum atomic E-state index is 12.8. The fourth-order valence-electron chi connectivity index (χ4n) is 9.34. The molecular weight excluding hydrogens is 757 g/mol. The Bertz CT molecular complexity index is 862. The second-order valence-corrected chi connectivity index (χ2v) is 19.7. The predicted octanol–water partition coefficient (Wildman–Crippen LogP) is 14.8. The number of hydrogen-bond acceptors (Lipinski definition) is 7. The van der Waals surface area contributed by atoms with Gasteiger partial charge in [-0.2, -0.15) is 0 Å². The van der Waals surface area contributed by atoms with Crippen molar-refractivity contribution in [3.8, 4) is 0 Å². The number of unbranched alkanes of at least 4 members (excludes halogenated alkanes) is 24. The number of rotatable bonds is 46. The molecular formula is C54H106N2O5. The number of ether oxygens (including phenoxy) is 2. The molecule has 0 aromatic heterocycles. The highest BCUT2D eigenvalue weighted by Crippen LogP contribution is 2.23. The van der Waals surface area contributed by atoms with Crippen LogP contribution in [-0.2, 0) is 19.1 Å². The number of nitrogens with zero attached hydrogens (tertiary/aromatic N) is 1. The Morgan fingerprint density at radius 1 is 0.475 bits per heavy atom. The van der Waals surface area contributed by atoms with Crippen LogP contribution in [0, 0.1) is 11.8 Å². The Hall–Kier alpha value is -1.18. The third-order valence-electron chi connectivity index (χ3n) is 13.6. The number of nitrogens with one attached hydrogen (secondary N) is 1. The molecule has 0 aromatic carbocycles. The standard InChI is InChI=1S/C54H106N2O5/c1-5-9-13-17-21-27-35-50(36-28-22-18-14-10-6-2)47-60-52(57)39-31-25-33-45-56(49-54(59)41-43-55-44-42-54)46-34-26-32-40-53(58)61-48-51(37-29-23-19-15-11-7-3)38-30-24-20-16-12-8-4/h50-51,55,59H,5-49H2,1-4H3. The summed E-state index contributed by atoms with van der Waals surface area (Å²) in [6.45, 7) is 14.6. The number of hydrogen-bond donors (Lipinski definition) is 2. The minimum absolute atomic E-state index is 0.0265. The minimum atomic E-state index is -0.637. The fraction of sp³-hybridized carbons (Fsp3) is 0.963. The number of carbonyl (C=O) groups excluding carboxylic acids is 2. The molecule has 7 heteroatoms. The Morgan fingerprint density at radius 2 is 0.787 bits per heavy atom. The van der Waals surface area contributed by atoms with Gasteiger partial charge < -0.3 is 24.8 Å². The molecule has 0 bridgehead atoms. The van der Waals surface area contributed by atoms with E-state index in [2.05, 4.69) is 37.9 Å². The van der Waals surface area contributed by atoms with E-state index in [0.717, 1.165) is 77.5 Å². The fourth-order valence-corrected chi connectivity index (χ4v) is 9.34. The van der Waals surface area contributed by atoms with Gasteiger partial charge in [0.2, 0.25) is 0 Å². The second kappa shape index (κ2) is 42.8. The molecule has 1 heterocycles.